The van der Waals surface area contributed by atoms with Crippen molar-refractivity contribution in [3.63, 3.8) is 0 Å². The number of carbonyl (C=O) groups excluding carboxylic acids is 1. The second-order valence-corrected chi connectivity index (χ2v) is 6.86. The minimum atomic E-state index is -0.570. The van der Waals surface area contributed by atoms with Crippen molar-refractivity contribution < 1.29 is 13.9 Å². The molecule has 0 saturated heterocycles. The maximum atomic E-state index is 12.9. The number of hydrogen-bond donors (Lipinski definition) is 1. The molecule has 6 heteroatoms. The van der Waals surface area contributed by atoms with Gasteiger partial charge in [0.25, 0.3) is 5.56 Å². The Kier molecular flexibility index (Phi) is 4.36. The van der Waals surface area contributed by atoms with Crippen molar-refractivity contribution in [1.82, 2.24) is 4.40 Å². The molecular weight excluding hydrogens is 344 g/mol. The first kappa shape index (κ1) is 17.5. The van der Waals surface area contributed by atoms with E-state index in [2.05, 4.69) is 0 Å². The molecule has 1 fully saturated rings. The number of nitrogens with two attached hydrogens (primary N) is 1. The number of pyridine rings is 2. The lowest BCUT2D eigenvalue weighted by Crippen LogP contribution is -2.25. The molecule has 0 aromatic carbocycles. The van der Waals surface area contributed by atoms with Crippen molar-refractivity contribution in [2.45, 2.75) is 39.2 Å². The normalized spacial score (nSPS) is 13.9. The van der Waals surface area contributed by atoms with Gasteiger partial charge in [-0.15, -0.1) is 0 Å². The number of aryl methyl sites for hydroxylation is 1. The lowest BCUT2D eigenvalue weighted by Gasteiger charge is -2.15. The summed E-state index contributed by atoms with van der Waals surface area (Å²) in [7, 11) is 0. The van der Waals surface area contributed by atoms with E-state index in [4.69, 9.17) is 14.9 Å². The summed E-state index contributed by atoms with van der Waals surface area (Å²) in [6.45, 7) is 4.28. The molecule has 3 aromatic rings. The predicted octanol–water partition coefficient (Wildman–Crippen LogP) is 3.38. The van der Waals surface area contributed by atoms with Crippen molar-refractivity contribution in [2.75, 3.05) is 6.61 Å². The van der Waals surface area contributed by atoms with E-state index in [0.717, 1.165) is 40.8 Å². The Hall–Kier alpha value is -2.86. The zero-order chi connectivity index (χ0) is 19.1. The minimum Gasteiger partial charge on any atom is -0.462 e. The molecule has 4 rings (SSSR count). The molecule has 2 N–H and O–H groups in total. The largest absolute Gasteiger partial charge is 0.462 e. The fraction of sp³-hybridized carbons (Fsp3) is 0.333. The van der Waals surface area contributed by atoms with Crippen LogP contribution in [0.2, 0.25) is 0 Å². The highest BCUT2D eigenvalue weighted by Crippen LogP contribution is 2.43. The molecule has 0 atom stereocenters. The highest BCUT2D eigenvalue weighted by atomic mass is 16.5. The molecule has 1 saturated carbocycles. The van der Waals surface area contributed by atoms with Gasteiger partial charge in [0.1, 0.15) is 17.1 Å². The smallest absolute Gasteiger partial charge is 0.343 e. The first-order chi connectivity index (χ1) is 13.0. The van der Waals surface area contributed by atoms with Crippen LogP contribution in [0, 0.1) is 6.92 Å². The average molecular weight is 366 g/mol. The molecule has 3 heterocycles. The lowest BCUT2D eigenvalue weighted by molar-refractivity contribution is 0.0524. The van der Waals surface area contributed by atoms with E-state index in [1.807, 2.05) is 25.1 Å². The Morgan fingerprint density at radius 1 is 1.33 bits per heavy atom. The Morgan fingerprint density at radius 3 is 2.74 bits per heavy atom. The average Bonchev–Trinajstić information content (AvgIpc) is 3.39. The number of nitrogens with zero attached hydrogens (tertiary/aromatic N) is 1. The van der Waals surface area contributed by atoms with Gasteiger partial charge in [0.2, 0.25) is 0 Å². The van der Waals surface area contributed by atoms with Crippen LogP contribution in [-0.4, -0.2) is 17.0 Å². The minimum absolute atomic E-state index is 0.0896. The fourth-order valence-corrected chi connectivity index (χ4v) is 3.56. The second kappa shape index (κ2) is 6.70. The highest BCUT2D eigenvalue weighted by Gasteiger charge is 2.30. The summed E-state index contributed by atoms with van der Waals surface area (Å²) >= 11 is 0. The Bertz CT molecular complexity index is 1090. The molecule has 0 spiro atoms. The second-order valence-electron chi connectivity index (χ2n) is 6.86. The molecule has 1 aliphatic rings. The summed E-state index contributed by atoms with van der Waals surface area (Å²) in [5.74, 6) is 1.22. The van der Waals surface area contributed by atoms with Gasteiger partial charge in [-0.25, -0.2) is 4.79 Å². The van der Waals surface area contributed by atoms with Gasteiger partial charge < -0.3 is 14.9 Å². The van der Waals surface area contributed by atoms with Crippen LogP contribution in [0.25, 0.3) is 16.8 Å². The number of aromatic nitrogens is 1. The number of rotatable bonds is 5. The monoisotopic (exact) mass is 366 g/mol. The molecule has 140 valence electrons. The van der Waals surface area contributed by atoms with Gasteiger partial charge in [0, 0.05) is 11.8 Å². The van der Waals surface area contributed by atoms with Gasteiger partial charge in [0.05, 0.1) is 18.7 Å². The standard InChI is InChI=1S/C21H22N2O4/c1-3-26-21(25)17-10-16(13-4-5-13)19-12(2)15(8-9-23(19)20(17)24)18-7-6-14(11-22)27-18/h6-10,13H,3-5,11,22H2,1-2H3. The summed E-state index contributed by atoms with van der Waals surface area (Å²) in [5, 5.41) is 0. The van der Waals surface area contributed by atoms with Gasteiger partial charge in [-0.2, -0.15) is 0 Å². The van der Waals surface area contributed by atoms with Crippen LogP contribution in [0.15, 0.2) is 39.7 Å². The summed E-state index contributed by atoms with van der Waals surface area (Å²) in [5.41, 5.74) is 9.11. The number of furan rings is 1. The van der Waals surface area contributed by atoms with Gasteiger partial charge >= 0.3 is 5.97 Å². The van der Waals surface area contributed by atoms with Crippen LogP contribution >= 0.6 is 0 Å². The molecule has 1 aliphatic carbocycles. The van der Waals surface area contributed by atoms with Crippen LogP contribution in [-0.2, 0) is 11.3 Å². The summed E-state index contributed by atoms with van der Waals surface area (Å²) in [6, 6.07) is 7.31. The van der Waals surface area contributed by atoms with Crippen molar-refractivity contribution in [2.24, 2.45) is 5.73 Å². The van der Waals surface area contributed by atoms with Gasteiger partial charge in [-0.3, -0.25) is 9.20 Å². The maximum absolute atomic E-state index is 12.9. The quantitative estimate of drug-likeness (QED) is 0.700. The predicted molar refractivity (Wildman–Crippen MR) is 102 cm³/mol. The molecular formula is C21H22N2O4. The lowest BCUT2D eigenvalue weighted by atomic mass is 9.99. The van der Waals surface area contributed by atoms with E-state index >= 15 is 0 Å². The highest BCUT2D eigenvalue weighted by molar-refractivity contribution is 5.90. The van der Waals surface area contributed by atoms with Crippen LogP contribution in [0.4, 0.5) is 0 Å². The molecule has 6 nitrogen and oxygen atoms in total. The Morgan fingerprint density at radius 2 is 2.11 bits per heavy atom. The summed E-state index contributed by atoms with van der Waals surface area (Å²) < 4.78 is 12.4. The molecule has 3 aromatic heterocycles. The van der Waals surface area contributed by atoms with E-state index in [9.17, 15) is 9.59 Å². The molecule has 0 unspecified atom stereocenters. The molecule has 27 heavy (non-hydrogen) atoms. The van der Waals surface area contributed by atoms with Crippen LogP contribution in [0.3, 0.4) is 0 Å². The molecule has 0 aliphatic heterocycles. The van der Waals surface area contributed by atoms with Gasteiger partial charge in [-0.05, 0) is 68.0 Å². The van der Waals surface area contributed by atoms with Crippen LogP contribution < -0.4 is 11.3 Å². The topological polar surface area (TPSA) is 86.9 Å². The number of ether oxygens (including phenoxy) is 1. The zero-order valence-corrected chi connectivity index (χ0v) is 15.5. The van der Waals surface area contributed by atoms with E-state index in [1.54, 1.807) is 23.6 Å². The molecule has 0 bridgehead atoms. The van der Waals surface area contributed by atoms with E-state index < -0.39 is 5.97 Å². The van der Waals surface area contributed by atoms with Crippen LogP contribution in [0.1, 0.15) is 52.9 Å². The van der Waals surface area contributed by atoms with Gasteiger partial charge in [0.15, 0.2) is 0 Å². The third kappa shape index (κ3) is 2.96. The van der Waals surface area contributed by atoms with Crippen LogP contribution in [0.5, 0.6) is 0 Å². The Labute approximate surface area is 156 Å². The third-order valence-electron chi connectivity index (χ3n) is 5.05. The van der Waals surface area contributed by atoms with Crippen molar-refractivity contribution in [3.05, 3.63) is 63.3 Å². The molecule has 0 amide bonds. The zero-order valence-electron chi connectivity index (χ0n) is 15.5. The first-order valence-corrected chi connectivity index (χ1v) is 9.20. The van der Waals surface area contributed by atoms with E-state index in [1.165, 1.54) is 0 Å². The van der Waals surface area contributed by atoms with Gasteiger partial charge in [-0.1, -0.05) is 0 Å². The summed E-state index contributed by atoms with van der Waals surface area (Å²) in [6.07, 6.45) is 3.81. The number of carbonyl (C=O) groups is 1. The van der Waals surface area contributed by atoms with Crippen molar-refractivity contribution in [1.29, 1.82) is 0 Å². The third-order valence-corrected chi connectivity index (χ3v) is 5.05. The van der Waals surface area contributed by atoms with E-state index in [0.29, 0.717) is 18.2 Å². The summed E-state index contributed by atoms with van der Waals surface area (Å²) in [4.78, 5) is 25.2. The fourth-order valence-electron chi connectivity index (χ4n) is 3.56. The maximum Gasteiger partial charge on any atom is 0.343 e. The Balaban J connectivity index is 1.96. The number of hydrogen-bond acceptors (Lipinski definition) is 5. The van der Waals surface area contributed by atoms with Crippen molar-refractivity contribution in [3.8, 4) is 11.3 Å². The first-order valence-electron chi connectivity index (χ1n) is 9.20. The SMILES string of the molecule is CCOC(=O)c1cc(C2CC2)c2c(C)c(-c3ccc(CN)o3)ccn2c1=O. The number of fused-ring (bicyclic) bond motifs is 1. The molecule has 0 radical (unpaired) electrons. The van der Waals surface area contributed by atoms with Crippen molar-refractivity contribution >= 4 is 11.5 Å². The number of esters is 1. The van der Waals surface area contributed by atoms with E-state index in [-0.39, 0.29) is 17.7 Å².